The predicted octanol–water partition coefficient (Wildman–Crippen LogP) is 7.10. The van der Waals surface area contributed by atoms with E-state index in [0.29, 0.717) is 18.4 Å². The Morgan fingerprint density at radius 3 is 2.52 bits per heavy atom. The molecule has 0 bridgehead atoms. The molecule has 0 spiro atoms. The van der Waals surface area contributed by atoms with E-state index in [1.165, 1.54) is 0 Å². The van der Waals surface area contributed by atoms with E-state index in [1.54, 1.807) is 7.11 Å². The summed E-state index contributed by atoms with van der Waals surface area (Å²) in [6.07, 6.45) is 4.84. The fourth-order valence-corrected chi connectivity index (χ4v) is 3.31. The van der Waals surface area contributed by atoms with E-state index in [0.717, 1.165) is 45.7 Å². The molecule has 158 valence electrons. The Kier molecular flexibility index (Phi) is 6.37. The first-order valence-electron chi connectivity index (χ1n) is 10.6. The van der Waals surface area contributed by atoms with Crippen molar-refractivity contribution in [1.29, 1.82) is 0 Å². The molecule has 0 aliphatic rings. The van der Waals surface area contributed by atoms with E-state index in [1.807, 2.05) is 54.6 Å². The minimum Gasteiger partial charge on any atom is -0.493 e. The van der Waals surface area contributed by atoms with Crippen molar-refractivity contribution < 1.29 is 13.9 Å². The van der Waals surface area contributed by atoms with Gasteiger partial charge in [-0.25, -0.2) is 4.98 Å². The number of hydrogen-bond donors (Lipinski definition) is 0. The van der Waals surface area contributed by atoms with Gasteiger partial charge in [0.1, 0.15) is 5.52 Å². The number of oxazole rings is 1. The summed E-state index contributed by atoms with van der Waals surface area (Å²) in [5.41, 5.74) is 4.88. The molecule has 3 aromatic carbocycles. The standard InChI is InChI=1S/C27H27NO3/c1-19(2)15-16-30-25-12-9-20(17-26(25)29-3)10-14-27-28-23-18-22(11-13-24(23)31-27)21-7-5-4-6-8-21/h4-14,17-19H,15-16H2,1-3H3/b14-10+. The monoisotopic (exact) mass is 413 g/mol. The van der Waals surface area contributed by atoms with E-state index in [2.05, 4.69) is 43.1 Å². The number of ether oxygens (including phenoxy) is 2. The first-order chi connectivity index (χ1) is 15.1. The van der Waals surface area contributed by atoms with Gasteiger partial charge in [-0.05, 0) is 59.4 Å². The maximum absolute atomic E-state index is 5.88. The molecule has 4 heteroatoms. The molecule has 1 aromatic heterocycles. The zero-order chi connectivity index (χ0) is 21.6. The molecule has 4 rings (SSSR count). The van der Waals surface area contributed by atoms with Crippen LogP contribution in [0.15, 0.2) is 71.1 Å². The Hall–Kier alpha value is -3.53. The summed E-state index contributed by atoms with van der Waals surface area (Å²) in [7, 11) is 1.66. The van der Waals surface area contributed by atoms with Gasteiger partial charge in [0.25, 0.3) is 0 Å². The fourth-order valence-electron chi connectivity index (χ4n) is 3.31. The van der Waals surface area contributed by atoms with Gasteiger partial charge < -0.3 is 13.9 Å². The molecule has 0 saturated carbocycles. The van der Waals surface area contributed by atoms with Crippen LogP contribution < -0.4 is 9.47 Å². The van der Waals surface area contributed by atoms with Crippen molar-refractivity contribution >= 4 is 23.3 Å². The summed E-state index contributed by atoms with van der Waals surface area (Å²) in [5, 5.41) is 0. The average molecular weight is 414 g/mol. The highest BCUT2D eigenvalue weighted by Crippen LogP contribution is 2.30. The third-order valence-electron chi connectivity index (χ3n) is 5.07. The van der Waals surface area contributed by atoms with Crippen LogP contribution >= 0.6 is 0 Å². The van der Waals surface area contributed by atoms with E-state index in [-0.39, 0.29) is 0 Å². The van der Waals surface area contributed by atoms with Crippen LogP contribution in [0.2, 0.25) is 0 Å². The van der Waals surface area contributed by atoms with Crippen molar-refractivity contribution in [3.63, 3.8) is 0 Å². The summed E-state index contributed by atoms with van der Waals surface area (Å²) >= 11 is 0. The Bertz CT molecular complexity index is 1180. The molecule has 4 aromatic rings. The minimum absolute atomic E-state index is 0.566. The van der Waals surface area contributed by atoms with Gasteiger partial charge in [-0.3, -0.25) is 0 Å². The second kappa shape index (κ2) is 9.52. The lowest BCUT2D eigenvalue weighted by Gasteiger charge is -2.12. The Balaban J connectivity index is 1.51. The quantitative estimate of drug-likeness (QED) is 0.309. The molecule has 0 unspecified atom stereocenters. The predicted molar refractivity (Wildman–Crippen MR) is 126 cm³/mol. The Labute approximate surface area is 183 Å². The Morgan fingerprint density at radius 2 is 1.74 bits per heavy atom. The van der Waals surface area contributed by atoms with Gasteiger partial charge in [-0.15, -0.1) is 0 Å². The van der Waals surface area contributed by atoms with Crippen LogP contribution in [0.5, 0.6) is 11.5 Å². The lowest BCUT2D eigenvalue weighted by molar-refractivity contribution is 0.273. The van der Waals surface area contributed by atoms with Crippen molar-refractivity contribution in [2.24, 2.45) is 5.92 Å². The van der Waals surface area contributed by atoms with Gasteiger partial charge in [0.15, 0.2) is 17.1 Å². The lowest BCUT2D eigenvalue weighted by atomic mass is 10.1. The summed E-state index contributed by atoms with van der Waals surface area (Å²) in [6, 6.07) is 22.2. The molecule has 0 saturated heterocycles. The van der Waals surface area contributed by atoms with Crippen LogP contribution in [-0.2, 0) is 0 Å². The van der Waals surface area contributed by atoms with Crippen molar-refractivity contribution in [3.05, 3.63) is 78.2 Å². The second-order valence-corrected chi connectivity index (χ2v) is 7.88. The number of benzene rings is 3. The largest absolute Gasteiger partial charge is 0.493 e. The minimum atomic E-state index is 0.566. The maximum Gasteiger partial charge on any atom is 0.220 e. The zero-order valence-corrected chi connectivity index (χ0v) is 18.2. The topological polar surface area (TPSA) is 44.5 Å². The lowest BCUT2D eigenvalue weighted by Crippen LogP contribution is -2.02. The molecular formula is C27H27NO3. The molecule has 0 fully saturated rings. The van der Waals surface area contributed by atoms with E-state index >= 15 is 0 Å². The fraction of sp³-hybridized carbons (Fsp3) is 0.222. The number of nitrogens with zero attached hydrogens (tertiary/aromatic N) is 1. The third kappa shape index (κ3) is 5.15. The number of aromatic nitrogens is 1. The summed E-state index contributed by atoms with van der Waals surface area (Å²) in [5.74, 6) is 2.65. The third-order valence-corrected chi connectivity index (χ3v) is 5.07. The summed E-state index contributed by atoms with van der Waals surface area (Å²) < 4.78 is 17.2. The molecule has 0 aliphatic heterocycles. The van der Waals surface area contributed by atoms with Crippen LogP contribution in [0.3, 0.4) is 0 Å². The number of hydrogen-bond acceptors (Lipinski definition) is 4. The first-order valence-corrected chi connectivity index (χ1v) is 10.6. The Morgan fingerprint density at radius 1 is 0.903 bits per heavy atom. The van der Waals surface area contributed by atoms with Gasteiger partial charge >= 0.3 is 0 Å². The van der Waals surface area contributed by atoms with Crippen LogP contribution in [0.4, 0.5) is 0 Å². The van der Waals surface area contributed by atoms with Gasteiger partial charge in [0.05, 0.1) is 13.7 Å². The summed E-state index contributed by atoms with van der Waals surface area (Å²) in [4.78, 5) is 4.62. The van der Waals surface area contributed by atoms with Crippen molar-refractivity contribution in [2.75, 3.05) is 13.7 Å². The maximum atomic E-state index is 5.88. The highest BCUT2D eigenvalue weighted by molar-refractivity contribution is 5.82. The van der Waals surface area contributed by atoms with Gasteiger partial charge in [0.2, 0.25) is 5.89 Å². The van der Waals surface area contributed by atoms with Crippen molar-refractivity contribution in [2.45, 2.75) is 20.3 Å². The van der Waals surface area contributed by atoms with Crippen LogP contribution in [0, 0.1) is 5.92 Å². The van der Waals surface area contributed by atoms with E-state index < -0.39 is 0 Å². The molecule has 0 atom stereocenters. The first kappa shape index (κ1) is 20.7. The van der Waals surface area contributed by atoms with Crippen LogP contribution in [0.1, 0.15) is 31.7 Å². The van der Waals surface area contributed by atoms with Gasteiger partial charge in [-0.2, -0.15) is 0 Å². The smallest absolute Gasteiger partial charge is 0.220 e. The van der Waals surface area contributed by atoms with Crippen LogP contribution in [0.25, 0.3) is 34.4 Å². The molecular weight excluding hydrogens is 386 g/mol. The van der Waals surface area contributed by atoms with Gasteiger partial charge in [0, 0.05) is 6.08 Å². The van der Waals surface area contributed by atoms with Crippen molar-refractivity contribution in [3.8, 4) is 22.6 Å². The molecule has 1 heterocycles. The number of methoxy groups -OCH3 is 1. The van der Waals surface area contributed by atoms with Crippen LogP contribution in [-0.4, -0.2) is 18.7 Å². The average Bonchev–Trinajstić information content (AvgIpc) is 3.20. The summed E-state index contributed by atoms with van der Waals surface area (Å²) in [6.45, 7) is 5.04. The zero-order valence-electron chi connectivity index (χ0n) is 18.2. The normalized spacial score (nSPS) is 11.5. The molecule has 0 amide bonds. The second-order valence-electron chi connectivity index (χ2n) is 7.88. The van der Waals surface area contributed by atoms with Crippen molar-refractivity contribution in [1.82, 2.24) is 4.98 Å². The molecule has 0 N–H and O–H groups in total. The number of fused-ring (bicyclic) bond motifs is 1. The van der Waals surface area contributed by atoms with E-state index in [4.69, 9.17) is 13.9 Å². The molecule has 31 heavy (non-hydrogen) atoms. The molecule has 0 radical (unpaired) electrons. The highest BCUT2D eigenvalue weighted by Gasteiger charge is 2.08. The molecule has 4 nitrogen and oxygen atoms in total. The molecule has 0 aliphatic carbocycles. The highest BCUT2D eigenvalue weighted by atomic mass is 16.5. The van der Waals surface area contributed by atoms with E-state index in [9.17, 15) is 0 Å². The number of rotatable bonds is 8. The van der Waals surface area contributed by atoms with Gasteiger partial charge in [-0.1, -0.05) is 56.3 Å². The SMILES string of the molecule is COc1cc(/C=C/c2nc3cc(-c4ccccc4)ccc3o2)ccc1OCCC(C)C.